The van der Waals surface area contributed by atoms with Crippen LogP contribution in [0.3, 0.4) is 0 Å². The van der Waals surface area contributed by atoms with E-state index in [2.05, 4.69) is 57.7 Å². The smallest absolute Gasteiger partial charge is 0.315 e. The summed E-state index contributed by atoms with van der Waals surface area (Å²) in [6.07, 6.45) is 5.79. The molecule has 1 aromatic heterocycles. The number of nitrogens with one attached hydrogen (secondary N) is 3. The van der Waals surface area contributed by atoms with Crippen molar-refractivity contribution in [2.45, 2.75) is 44.2 Å². The normalized spacial score (nSPS) is 14.0. The highest BCUT2D eigenvalue weighted by atomic mass is 79.9. The van der Waals surface area contributed by atoms with Crippen LogP contribution in [0.1, 0.15) is 30.4 Å². The summed E-state index contributed by atoms with van der Waals surface area (Å²) in [5, 5.41) is 18.8. The third-order valence-corrected chi connectivity index (χ3v) is 9.69. The lowest BCUT2D eigenvalue weighted by Gasteiger charge is -2.37. The molecule has 50 heavy (non-hydrogen) atoms. The molecule has 4 amide bonds. The number of para-hydroxylation sites is 1. The van der Waals surface area contributed by atoms with Crippen LogP contribution in [0, 0.1) is 0 Å². The Morgan fingerprint density at radius 3 is 2.30 bits per heavy atom. The molecule has 2 atom stereocenters. The largest absolute Gasteiger partial charge is 0.506 e. The third kappa shape index (κ3) is 10.7. The van der Waals surface area contributed by atoms with Gasteiger partial charge in [-0.1, -0.05) is 12.1 Å². The zero-order valence-electron chi connectivity index (χ0n) is 28.3. The number of halogens is 2. The maximum Gasteiger partial charge on any atom is 0.315 e. The summed E-state index contributed by atoms with van der Waals surface area (Å²) in [5.74, 6) is 0.514. The van der Waals surface area contributed by atoms with Gasteiger partial charge in [-0.05, 0) is 106 Å². The molecule has 0 saturated carbocycles. The Morgan fingerprint density at radius 1 is 0.960 bits per heavy atom. The number of phenolic OH excluding ortho intramolecular Hbond substituents is 1. The number of piperazine rings is 1. The van der Waals surface area contributed by atoms with E-state index in [9.17, 15) is 19.5 Å². The second-order valence-corrected chi connectivity index (χ2v) is 13.5. The quantitative estimate of drug-likeness (QED) is 0.135. The molecule has 0 aliphatic carbocycles. The first-order valence-electron chi connectivity index (χ1n) is 16.5. The SMILES string of the molecule is COc1cccc(CCNC(=O)N[C@@H](Cc2cc(Br)c(O)c(Br)c2)C(=O)N[C@@H](CCCCN)C(=O)N2CCN(c3ccncc3)CC2)c1OC. The monoisotopic (exact) mass is 817 g/mol. The van der Waals surface area contributed by atoms with Gasteiger partial charge >= 0.3 is 6.03 Å². The van der Waals surface area contributed by atoms with Crippen LogP contribution in [0.5, 0.6) is 17.2 Å². The number of amides is 4. The number of hydrogen-bond acceptors (Lipinski definition) is 9. The van der Waals surface area contributed by atoms with E-state index in [1.54, 1.807) is 49.7 Å². The first-order valence-corrected chi connectivity index (χ1v) is 18.1. The van der Waals surface area contributed by atoms with E-state index in [1.807, 2.05) is 24.3 Å². The van der Waals surface area contributed by atoms with Crippen LogP contribution in [0.15, 0.2) is 63.8 Å². The molecule has 0 unspecified atom stereocenters. The van der Waals surface area contributed by atoms with Crippen LogP contribution in [-0.2, 0) is 22.4 Å². The molecule has 0 spiro atoms. The number of hydrogen-bond donors (Lipinski definition) is 5. The molecule has 15 heteroatoms. The molecule has 1 aliphatic rings. The molecule has 1 aliphatic heterocycles. The van der Waals surface area contributed by atoms with Crippen molar-refractivity contribution >= 4 is 55.4 Å². The maximum atomic E-state index is 14.0. The summed E-state index contributed by atoms with van der Waals surface area (Å²) < 4.78 is 11.7. The highest BCUT2D eigenvalue weighted by Gasteiger charge is 2.31. The summed E-state index contributed by atoms with van der Waals surface area (Å²) in [5.41, 5.74) is 8.31. The van der Waals surface area contributed by atoms with Gasteiger partial charge in [-0.15, -0.1) is 0 Å². The minimum atomic E-state index is -1.04. The number of nitrogens with two attached hydrogens (primary N) is 1. The fourth-order valence-electron chi connectivity index (χ4n) is 5.83. The summed E-state index contributed by atoms with van der Waals surface area (Å²) in [4.78, 5) is 49.1. The number of rotatable bonds is 16. The predicted octanol–water partition coefficient (Wildman–Crippen LogP) is 3.75. The Balaban J connectivity index is 1.46. The second-order valence-electron chi connectivity index (χ2n) is 11.8. The highest BCUT2D eigenvalue weighted by molar-refractivity contribution is 9.11. The van der Waals surface area contributed by atoms with Crippen molar-refractivity contribution in [1.29, 1.82) is 0 Å². The fourth-order valence-corrected chi connectivity index (χ4v) is 7.12. The van der Waals surface area contributed by atoms with Crippen LogP contribution in [0.2, 0.25) is 0 Å². The van der Waals surface area contributed by atoms with Gasteiger partial charge in [0.1, 0.15) is 17.8 Å². The number of pyridine rings is 1. The summed E-state index contributed by atoms with van der Waals surface area (Å²) in [6.45, 7) is 3.03. The molecule has 2 heterocycles. The van der Waals surface area contributed by atoms with Crippen LogP contribution in [-0.4, -0.2) is 98.4 Å². The van der Waals surface area contributed by atoms with Crippen molar-refractivity contribution < 1.29 is 29.0 Å². The van der Waals surface area contributed by atoms with Crippen molar-refractivity contribution in [3.63, 3.8) is 0 Å². The lowest BCUT2D eigenvalue weighted by Crippen LogP contribution is -2.58. The van der Waals surface area contributed by atoms with E-state index in [4.69, 9.17) is 15.2 Å². The number of anilines is 1. The van der Waals surface area contributed by atoms with Gasteiger partial charge in [-0.2, -0.15) is 0 Å². The van der Waals surface area contributed by atoms with Gasteiger partial charge in [0.15, 0.2) is 11.5 Å². The highest BCUT2D eigenvalue weighted by Crippen LogP contribution is 2.34. The number of phenols is 1. The average Bonchev–Trinajstić information content (AvgIpc) is 3.13. The number of unbranched alkanes of at least 4 members (excludes halogenated alkanes) is 1. The Labute approximate surface area is 309 Å². The van der Waals surface area contributed by atoms with Crippen molar-refractivity contribution in [2.75, 3.05) is 58.4 Å². The van der Waals surface area contributed by atoms with Gasteiger partial charge in [0.25, 0.3) is 0 Å². The van der Waals surface area contributed by atoms with Crippen LogP contribution >= 0.6 is 31.9 Å². The molecular formula is C35H45Br2N7O6. The van der Waals surface area contributed by atoms with Gasteiger partial charge in [0, 0.05) is 57.2 Å². The predicted molar refractivity (Wildman–Crippen MR) is 199 cm³/mol. The number of benzene rings is 2. The molecule has 1 saturated heterocycles. The lowest BCUT2D eigenvalue weighted by molar-refractivity contribution is -0.137. The fraction of sp³-hybridized carbons (Fsp3) is 0.429. The van der Waals surface area contributed by atoms with E-state index in [0.717, 1.165) is 11.3 Å². The molecule has 13 nitrogen and oxygen atoms in total. The third-order valence-electron chi connectivity index (χ3n) is 8.48. The van der Waals surface area contributed by atoms with Crippen LogP contribution in [0.4, 0.5) is 10.5 Å². The maximum absolute atomic E-state index is 14.0. The molecule has 2 aromatic carbocycles. The Bertz CT molecular complexity index is 1570. The first-order chi connectivity index (χ1) is 24.1. The van der Waals surface area contributed by atoms with Gasteiger partial charge in [-0.3, -0.25) is 14.6 Å². The number of carbonyl (C=O) groups excluding carboxylic acids is 3. The lowest BCUT2D eigenvalue weighted by atomic mass is 10.0. The van der Waals surface area contributed by atoms with E-state index >= 15 is 0 Å². The van der Waals surface area contributed by atoms with E-state index in [1.165, 1.54) is 0 Å². The van der Waals surface area contributed by atoms with Crippen molar-refractivity contribution in [1.82, 2.24) is 25.8 Å². The van der Waals surface area contributed by atoms with Crippen LogP contribution in [0.25, 0.3) is 0 Å². The van der Waals surface area contributed by atoms with Crippen molar-refractivity contribution in [2.24, 2.45) is 5.73 Å². The van der Waals surface area contributed by atoms with Crippen LogP contribution < -0.4 is 36.1 Å². The minimum absolute atomic E-state index is 0.0167. The van der Waals surface area contributed by atoms with E-state index < -0.39 is 24.0 Å². The van der Waals surface area contributed by atoms with E-state index in [0.29, 0.717) is 84.4 Å². The Kier molecular flexibility index (Phi) is 15.0. The van der Waals surface area contributed by atoms with Crippen molar-refractivity contribution in [3.05, 3.63) is 74.9 Å². The standard InChI is InChI=1S/C35H45Br2N7O6/c1-49-30-8-5-6-24(32(30)50-2)9-15-40-35(48)42-29(22-23-20-26(36)31(45)27(37)21-23)33(46)41-28(7-3-4-12-38)34(47)44-18-16-43(17-19-44)25-10-13-39-14-11-25/h5-6,8,10-11,13-14,20-21,28-29,45H,3-4,7,9,12,15-19,22,38H2,1-2H3,(H,41,46)(H2,40,42,48)/t28-,29-/m0/s1. The summed E-state index contributed by atoms with van der Waals surface area (Å²) in [6, 6.07) is 10.4. The average molecular weight is 820 g/mol. The molecule has 6 N–H and O–H groups in total. The number of methoxy groups -OCH3 is 2. The molecule has 3 aromatic rings. The topological polar surface area (TPSA) is 171 Å². The summed E-state index contributed by atoms with van der Waals surface area (Å²) in [7, 11) is 3.12. The van der Waals surface area contributed by atoms with Crippen molar-refractivity contribution in [3.8, 4) is 17.2 Å². The number of carbonyl (C=O) groups is 3. The van der Waals surface area contributed by atoms with E-state index in [-0.39, 0.29) is 24.6 Å². The number of nitrogens with zero attached hydrogens (tertiary/aromatic N) is 3. The van der Waals surface area contributed by atoms with Gasteiger partial charge in [0.05, 0.1) is 23.2 Å². The van der Waals surface area contributed by atoms with Gasteiger partial charge in [-0.25, -0.2) is 4.79 Å². The number of ether oxygens (including phenoxy) is 2. The molecular weight excluding hydrogens is 774 g/mol. The number of aromatic nitrogens is 1. The van der Waals surface area contributed by atoms with Gasteiger partial charge in [0.2, 0.25) is 11.8 Å². The second kappa shape index (κ2) is 19.3. The zero-order valence-corrected chi connectivity index (χ0v) is 31.5. The Morgan fingerprint density at radius 2 is 1.66 bits per heavy atom. The minimum Gasteiger partial charge on any atom is -0.506 e. The molecule has 1 fully saturated rings. The Hall–Kier alpha value is -4.08. The molecule has 4 rings (SSSR count). The number of aromatic hydroxyl groups is 1. The summed E-state index contributed by atoms with van der Waals surface area (Å²) >= 11 is 6.69. The van der Waals surface area contributed by atoms with Gasteiger partial charge < -0.3 is 46.1 Å². The number of urea groups is 1. The zero-order chi connectivity index (χ0) is 36.0. The molecule has 270 valence electrons. The molecule has 0 radical (unpaired) electrons. The molecule has 0 bridgehead atoms. The first kappa shape index (κ1) is 38.7.